The highest BCUT2D eigenvalue weighted by molar-refractivity contribution is 5.86. The average Bonchev–Trinajstić information content (AvgIpc) is 2.56. The van der Waals surface area contributed by atoms with Gasteiger partial charge >= 0.3 is 5.97 Å². The summed E-state index contributed by atoms with van der Waals surface area (Å²) in [6.07, 6.45) is 1.36. The van der Waals surface area contributed by atoms with E-state index in [1.165, 1.54) is 0 Å². The standard InChI is InChI=1S/C20H25NO2/c1-4-16-10-8-9-13-18(16)20(19(22)23,14-15-21(2)3)17-11-6-5-7-12-17/h5-13H,4,14-15H2,1-3H3,(H,22,23). The molecule has 3 nitrogen and oxygen atoms in total. The Morgan fingerprint density at radius 1 is 1.04 bits per heavy atom. The second-order valence-electron chi connectivity index (χ2n) is 6.14. The average molecular weight is 311 g/mol. The van der Waals surface area contributed by atoms with Gasteiger partial charge in [-0.3, -0.25) is 4.79 Å². The van der Waals surface area contributed by atoms with E-state index >= 15 is 0 Å². The maximum Gasteiger partial charge on any atom is 0.318 e. The van der Waals surface area contributed by atoms with Crippen LogP contribution in [0.25, 0.3) is 0 Å². The molecule has 122 valence electrons. The van der Waals surface area contributed by atoms with Crippen molar-refractivity contribution < 1.29 is 9.90 Å². The molecule has 0 fully saturated rings. The van der Waals surface area contributed by atoms with Crippen molar-refractivity contribution in [1.29, 1.82) is 0 Å². The number of hydrogen-bond donors (Lipinski definition) is 1. The lowest BCUT2D eigenvalue weighted by Crippen LogP contribution is -2.40. The zero-order chi connectivity index (χ0) is 16.9. The third kappa shape index (κ3) is 3.45. The topological polar surface area (TPSA) is 40.5 Å². The molecular formula is C20H25NO2. The molecule has 0 aliphatic heterocycles. The first kappa shape index (κ1) is 17.2. The first-order chi connectivity index (χ1) is 11.0. The molecule has 1 unspecified atom stereocenters. The van der Waals surface area contributed by atoms with Crippen LogP contribution in [0.1, 0.15) is 30.0 Å². The number of carboxylic acid groups (broad SMARTS) is 1. The van der Waals surface area contributed by atoms with Crippen molar-refractivity contribution in [2.75, 3.05) is 20.6 Å². The minimum absolute atomic E-state index is 0.538. The van der Waals surface area contributed by atoms with E-state index in [9.17, 15) is 9.90 Å². The molecular weight excluding hydrogens is 286 g/mol. The molecule has 0 saturated carbocycles. The lowest BCUT2D eigenvalue weighted by Gasteiger charge is -2.33. The molecule has 1 N–H and O–H groups in total. The molecule has 0 spiro atoms. The van der Waals surface area contributed by atoms with Crippen LogP contribution >= 0.6 is 0 Å². The maximum absolute atomic E-state index is 12.5. The van der Waals surface area contributed by atoms with Gasteiger partial charge in [0.05, 0.1) is 0 Å². The van der Waals surface area contributed by atoms with Crippen LogP contribution in [-0.4, -0.2) is 36.6 Å². The predicted molar refractivity (Wildman–Crippen MR) is 93.8 cm³/mol. The molecule has 2 rings (SSSR count). The van der Waals surface area contributed by atoms with Crippen molar-refractivity contribution in [3.05, 3.63) is 71.3 Å². The number of benzene rings is 2. The molecule has 2 aromatic rings. The fourth-order valence-electron chi connectivity index (χ4n) is 3.14. The van der Waals surface area contributed by atoms with E-state index in [2.05, 4.69) is 6.92 Å². The van der Waals surface area contributed by atoms with E-state index in [0.717, 1.165) is 23.1 Å². The minimum Gasteiger partial charge on any atom is -0.480 e. The van der Waals surface area contributed by atoms with E-state index in [0.29, 0.717) is 13.0 Å². The second-order valence-corrected chi connectivity index (χ2v) is 6.14. The maximum atomic E-state index is 12.5. The van der Waals surface area contributed by atoms with Crippen LogP contribution < -0.4 is 0 Å². The highest BCUT2D eigenvalue weighted by Gasteiger charge is 2.43. The summed E-state index contributed by atoms with van der Waals surface area (Å²) >= 11 is 0. The van der Waals surface area contributed by atoms with Gasteiger partial charge in [0.1, 0.15) is 5.41 Å². The molecule has 0 heterocycles. The van der Waals surface area contributed by atoms with Crippen molar-refractivity contribution in [3.8, 4) is 0 Å². The second kappa shape index (κ2) is 7.42. The fourth-order valence-corrected chi connectivity index (χ4v) is 3.14. The van der Waals surface area contributed by atoms with Crippen LogP contribution in [0, 0.1) is 0 Å². The number of carbonyl (C=O) groups is 1. The van der Waals surface area contributed by atoms with E-state index in [1.54, 1.807) is 0 Å². The molecule has 23 heavy (non-hydrogen) atoms. The molecule has 0 aliphatic carbocycles. The fraction of sp³-hybridized carbons (Fsp3) is 0.350. The van der Waals surface area contributed by atoms with Crippen molar-refractivity contribution in [3.63, 3.8) is 0 Å². The summed E-state index contributed by atoms with van der Waals surface area (Å²) in [7, 11) is 3.95. The van der Waals surface area contributed by atoms with Gasteiger partial charge in [0.15, 0.2) is 0 Å². The van der Waals surface area contributed by atoms with Crippen LogP contribution in [0.4, 0.5) is 0 Å². The highest BCUT2D eigenvalue weighted by Crippen LogP contribution is 2.38. The Kier molecular flexibility index (Phi) is 5.56. The molecule has 0 aliphatic rings. The zero-order valence-corrected chi connectivity index (χ0v) is 14.1. The monoisotopic (exact) mass is 311 g/mol. The predicted octanol–water partition coefficient (Wildman–Crippen LogP) is 3.57. The van der Waals surface area contributed by atoms with Crippen molar-refractivity contribution in [2.24, 2.45) is 0 Å². The summed E-state index contributed by atoms with van der Waals surface area (Å²) in [5, 5.41) is 10.2. The lowest BCUT2D eigenvalue weighted by molar-refractivity contribution is -0.142. The number of hydrogen-bond acceptors (Lipinski definition) is 2. The molecule has 0 radical (unpaired) electrons. The minimum atomic E-state index is -1.02. The van der Waals surface area contributed by atoms with E-state index in [-0.39, 0.29) is 0 Å². The van der Waals surface area contributed by atoms with Crippen LogP contribution in [0.2, 0.25) is 0 Å². The van der Waals surface area contributed by atoms with Crippen LogP contribution in [0.5, 0.6) is 0 Å². The van der Waals surface area contributed by atoms with Gasteiger partial charge in [-0.25, -0.2) is 0 Å². The Bertz CT molecular complexity index is 652. The molecule has 0 bridgehead atoms. The molecule has 3 heteroatoms. The van der Waals surface area contributed by atoms with Gasteiger partial charge < -0.3 is 10.0 Å². The van der Waals surface area contributed by atoms with Gasteiger partial charge in [-0.1, -0.05) is 61.5 Å². The van der Waals surface area contributed by atoms with Crippen LogP contribution in [-0.2, 0) is 16.6 Å². The van der Waals surface area contributed by atoms with E-state index in [4.69, 9.17) is 0 Å². The van der Waals surface area contributed by atoms with Gasteiger partial charge in [-0.2, -0.15) is 0 Å². The van der Waals surface area contributed by atoms with Crippen molar-refractivity contribution in [1.82, 2.24) is 4.90 Å². The zero-order valence-electron chi connectivity index (χ0n) is 14.1. The van der Waals surface area contributed by atoms with Crippen LogP contribution in [0.3, 0.4) is 0 Å². The van der Waals surface area contributed by atoms with Crippen molar-refractivity contribution in [2.45, 2.75) is 25.2 Å². The van der Waals surface area contributed by atoms with Gasteiger partial charge in [0, 0.05) is 0 Å². The summed E-state index contributed by atoms with van der Waals surface area (Å²) in [5.41, 5.74) is 1.83. The summed E-state index contributed by atoms with van der Waals surface area (Å²) in [5.74, 6) is -0.786. The summed E-state index contributed by atoms with van der Waals surface area (Å²) < 4.78 is 0. The number of aliphatic carboxylic acids is 1. The number of carboxylic acids is 1. The SMILES string of the molecule is CCc1ccccc1C(CCN(C)C)(C(=O)O)c1ccccc1. The Morgan fingerprint density at radius 3 is 2.22 bits per heavy atom. The Balaban J connectivity index is 2.69. The number of rotatable bonds is 7. The molecule has 0 saturated heterocycles. The quantitative estimate of drug-likeness (QED) is 0.850. The summed E-state index contributed by atoms with van der Waals surface area (Å²) in [6, 6.07) is 17.5. The van der Waals surface area contributed by atoms with Crippen molar-refractivity contribution >= 4 is 5.97 Å². The molecule has 0 aromatic heterocycles. The Labute approximate surface area is 138 Å². The van der Waals surface area contributed by atoms with Gasteiger partial charge in [0.2, 0.25) is 0 Å². The third-order valence-corrected chi connectivity index (χ3v) is 4.42. The largest absolute Gasteiger partial charge is 0.480 e. The highest BCUT2D eigenvalue weighted by atomic mass is 16.4. The number of aryl methyl sites for hydroxylation is 1. The Morgan fingerprint density at radius 2 is 1.65 bits per heavy atom. The van der Waals surface area contributed by atoms with Gasteiger partial charge in [-0.15, -0.1) is 0 Å². The Hall–Kier alpha value is -2.13. The number of nitrogens with zero attached hydrogens (tertiary/aromatic N) is 1. The summed E-state index contributed by atoms with van der Waals surface area (Å²) in [6.45, 7) is 2.78. The normalized spacial score (nSPS) is 13.7. The first-order valence-electron chi connectivity index (χ1n) is 8.04. The van der Waals surface area contributed by atoms with E-state index < -0.39 is 11.4 Å². The van der Waals surface area contributed by atoms with Gasteiger partial charge in [-0.05, 0) is 50.2 Å². The first-order valence-corrected chi connectivity index (χ1v) is 8.04. The van der Waals surface area contributed by atoms with E-state index in [1.807, 2.05) is 73.6 Å². The molecule has 0 amide bonds. The smallest absolute Gasteiger partial charge is 0.318 e. The van der Waals surface area contributed by atoms with Gasteiger partial charge in [0.25, 0.3) is 0 Å². The van der Waals surface area contributed by atoms with Crippen LogP contribution in [0.15, 0.2) is 54.6 Å². The third-order valence-electron chi connectivity index (χ3n) is 4.42. The molecule has 1 atom stereocenters. The lowest BCUT2D eigenvalue weighted by atomic mass is 9.70. The summed E-state index contributed by atoms with van der Waals surface area (Å²) in [4.78, 5) is 14.5. The molecule has 2 aromatic carbocycles.